The van der Waals surface area contributed by atoms with Crippen LogP contribution in [0.15, 0.2) is 0 Å². The Morgan fingerprint density at radius 2 is 1.75 bits per heavy atom. The lowest BCUT2D eigenvalue weighted by molar-refractivity contribution is 0.199. The lowest BCUT2D eigenvalue weighted by atomic mass is 10.3. The van der Waals surface area contributed by atoms with Crippen LogP contribution in [-0.2, 0) is 14.6 Å². The molecule has 0 radical (unpaired) electrons. The first-order valence-corrected chi connectivity index (χ1v) is 7.38. The van der Waals surface area contributed by atoms with Gasteiger partial charge in [-0.3, -0.25) is 0 Å². The van der Waals surface area contributed by atoms with Crippen LogP contribution in [0.5, 0.6) is 0 Å². The van der Waals surface area contributed by atoms with Gasteiger partial charge in [-0.15, -0.1) is 0 Å². The van der Waals surface area contributed by atoms with E-state index in [0.717, 1.165) is 25.9 Å². The Labute approximate surface area is 99.7 Å². The second kappa shape index (κ2) is 7.25. The predicted molar refractivity (Wildman–Crippen MR) is 67.5 cm³/mol. The first kappa shape index (κ1) is 15.9. The molecule has 5 heteroatoms. The fourth-order valence-electron chi connectivity index (χ4n) is 1.15. The van der Waals surface area contributed by atoms with E-state index in [1.165, 1.54) is 0 Å². The van der Waals surface area contributed by atoms with E-state index in [-0.39, 0.29) is 5.75 Å². The molecule has 4 nitrogen and oxygen atoms in total. The molecular weight excluding hydrogens is 226 g/mol. The van der Waals surface area contributed by atoms with E-state index in [1.807, 2.05) is 0 Å². The zero-order valence-electron chi connectivity index (χ0n) is 10.9. The summed E-state index contributed by atoms with van der Waals surface area (Å²) in [6.45, 7) is 7.61. The zero-order chi connectivity index (χ0) is 12.7. The molecule has 0 saturated carbocycles. The van der Waals surface area contributed by atoms with Gasteiger partial charge in [-0.25, -0.2) is 8.42 Å². The number of sulfone groups is 1. The lowest BCUT2D eigenvalue weighted by Gasteiger charge is -2.18. The highest BCUT2D eigenvalue weighted by atomic mass is 32.2. The Morgan fingerprint density at radius 3 is 2.25 bits per heavy atom. The normalized spacial score (nSPS) is 13.0. The molecule has 0 aliphatic heterocycles. The summed E-state index contributed by atoms with van der Waals surface area (Å²) in [5.41, 5.74) is 0. The minimum atomic E-state index is -2.95. The molecule has 0 atom stereocenters. The van der Waals surface area contributed by atoms with E-state index in [2.05, 4.69) is 5.32 Å². The molecule has 98 valence electrons. The van der Waals surface area contributed by atoms with E-state index < -0.39 is 14.6 Å². The van der Waals surface area contributed by atoms with Gasteiger partial charge >= 0.3 is 0 Å². The second-order valence-electron chi connectivity index (χ2n) is 4.88. The van der Waals surface area contributed by atoms with Crippen molar-refractivity contribution in [1.29, 1.82) is 0 Å². The first-order valence-electron chi connectivity index (χ1n) is 5.73. The number of hydrogen-bond acceptors (Lipinski definition) is 4. The summed E-state index contributed by atoms with van der Waals surface area (Å²) in [6.07, 6.45) is 1.61. The Hall–Kier alpha value is -0.130. The minimum Gasteiger partial charge on any atom is -0.383 e. The highest BCUT2D eigenvalue weighted by Gasteiger charge is 2.27. The highest BCUT2D eigenvalue weighted by molar-refractivity contribution is 7.92. The van der Waals surface area contributed by atoms with Crippen LogP contribution in [-0.4, -0.2) is 45.7 Å². The third-order valence-electron chi connectivity index (χ3n) is 2.43. The standard InChI is InChI=1S/C11H25NO3S/c1-11(2,3)16(13,14)10-6-5-7-12-8-9-15-4/h12H,5-10H2,1-4H3. The average molecular weight is 251 g/mol. The van der Waals surface area contributed by atoms with Crippen LogP contribution in [0.2, 0.25) is 0 Å². The van der Waals surface area contributed by atoms with Gasteiger partial charge in [0.25, 0.3) is 0 Å². The van der Waals surface area contributed by atoms with Crippen molar-refractivity contribution in [3.63, 3.8) is 0 Å². The van der Waals surface area contributed by atoms with Gasteiger partial charge in [0, 0.05) is 13.7 Å². The highest BCUT2D eigenvalue weighted by Crippen LogP contribution is 2.16. The van der Waals surface area contributed by atoms with E-state index in [0.29, 0.717) is 6.61 Å². The summed E-state index contributed by atoms with van der Waals surface area (Å²) < 4.78 is 27.8. The van der Waals surface area contributed by atoms with E-state index >= 15 is 0 Å². The topological polar surface area (TPSA) is 55.4 Å². The molecule has 0 aromatic rings. The summed E-state index contributed by atoms with van der Waals surface area (Å²) in [7, 11) is -1.28. The van der Waals surface area contributed by atoms with Gasteiger partial charge in [0.1, 0.15) is 0 Å². The largest absolute Gasteiger partial charge is 0.383 e. The number of ether oxygens (including phenoxy) is 1. The van der Waals surface area contributed by atoms with Crippen LogP contribution < -0.4 is 5.32 Å². The smallest absolute Gasteiger partial charge is 0.155 e. The molecule has 0 heterocycles. The number of nitrogens with one attached hydrogen (secondary N) is 1. The minimum absolute atomic E-state index is 0.280. The summed E-state index contributed by atoms with van der Waals surface area (Å²) in [4.78, 5) is 0. The van der Waals surface area contributed by atoms with E-state index in [1.54, 1.807) is 27.9 Å². The summed E-state index contributed by atoms with van der Waals surface area (Å²) in [5.74, 6) is 0.280. The van der Waals surface area contributed by atoms with Crippen molar-refractivity contribution in [3.8, 4) is 0 Å². The van der Waals surface area contributed by atoms with Crippen molar-refractivity contribution in [2.24, 2.45) is 0 Å². The van der Waals surface area contributed by atoms with Crippen molar-refractivity contribution in [2.45, 2.75) is 38.4 Å². The molecule has 0 bridgehead atoms. The molecule has 0 aromatic carbocycles. The predicted octanol–water partition coefficient (Wildman–Crippen LogP) is 1.22. The lowest BCUT2D eigenvalue weighted by Crippen LogP contribution is -2.30. The van der Waals surface area contributed by atoms with Gasteiger partial charge in [0.2, 0.25) is 0 Å². The van der Waals surface area contributed by atoms with Crippen LogP contribution >= 0.6 is 0 Å². The van der Waals surface area contributed by atoms with Crippen LogP contribution in [0.4, 0.5) is 0 Å². The molecular formula is C11H25NO3S. The molecule has 0 rings (SSSR count). The van der Waals surface area contributed by atoms with Crippen molar-refractivity contribution in [1.82, 2.24) is 5.32 Å². The average Bonchev–Trinajstić information content (AvgIpc) is 2.14. The molecule has 0 unspecified atom stereocenters. The molecule has 1 N–H and O–H groups in total. The molecule has 16 heavy (non-hydrogen) atoms. The maximum absolute atomic E-state index is 11.7. The van der Waals surface area contributed by atoms with Gasteiger partial charge in [0.15, 0.2) is 9.84 Å². The third kappa shape index (κ3) is 6.45. The molecule has 0 saturated heterocycles. The Morgan fingerprint density at radius 1 is 1.12 bits per heavy atom. The Balaban J connectivity index is 3.60. The second-order valence-corrected chi connectivity index (χ2v) is 7.74. The summed E-state index contributed by atoms with van der Waals surface area (Å²) >= 11 is 0. The van der Waals surface area contributed by atoms with Crippen LogP contribution in [0.25, 0.3) is 0 Å². The molecule has 0 aliphatic rings. The Kier molecular flexibility index (Phi) is 7.19. The first-order chi connectivity index (χ1) is 7.31. The zero-order valence-corrected chi connectivity index (χ0v) is 11.7. The summed E-state index contributed by atoms with van der Waals surface area (Å²) in [6, 6.07) is 0. The van der Waals surface area contributed by atoms with Gasteiger partial charge in [0.05, 0.1) is 17.1 Å². The van der Waals surface area contributed by atoms with Crippen molar-refractivity contribution >= 4 is 9.84 Å². The third-order valence-corrected chi connectivity index (χ3v) is 5.12. The number of hydrogen-bond donors (Lipinski definition) is 1. The van der Waals surface area contributed by atoms with E-state index in [4.69, 9.17) is 4.74 Å². The fourth-order valence-corrected chi connectivity index (χ4v) is 2.34. The molecule has 0 amide bonds. The monoisotopic (exact) mass is 251 g/mol. The number of unbranched alkanes of at least 4 members (excludes halogenated alkanes) is 1. The molecule has 0 fully saturated rings. The van der Waals surface area contributed by atoms with Crippen molar-refractivity contribution in [2.75, 3.05) is 32.6 Å². The van der Waals surface area contributed by atoms with Crippen LogP contribution in [0.1, 0.15) is 33.6 Å². The van der Waals surface area contributed by atoms with Crippen LogP contribution in [0, 0.1) is 0 Å². The maximum atomic E-state index is 11.7. The van der Waals surface area contributed by atoms with Gasteiger partial charge < -0.3 is 10.1 Å². The Bertz CT molecular complexity index is 267. The fraction of sp³-hybridized carbons (Fsp3) is 1.00. The van der Waals surface area contributed by atoms with Crippen LogP contribution in [0.3, 0.4) is 0 Å². The van der Waals surface area contributed by atoms with E-state index in [9.17, 15) is 8.42 Å². The molecule has 0 aliphatic carbocycles. The van der Waals surface area contributed by atoms with Gasteiger partial charge in [-0.2, -0.15) is 0 Å². The maximum Gasteiger partial charge on any atom is 0.155 e. The molecule has 0 spiro atoms. The van der Waals surface area contributed by atoms with Gasteiger partial charge in [-0.1, -0.05) is 0 Å². The molecule has 0 aromatic heterocycles. The SMILES string of the molecule is COCCNCCCCS(=O)(=O)C(C)(C)C. The van der Waals surface area contributed by atoms with Crippen molar-refractivity contribution < 1.29 is 13.2 Å². The summed E-state index contributed by atoms with van der Waals surface area (Å²) in [5, 5.41) is 3.19. The quantitative estimate of drug-likeness (QED) is 0.659. The van der Waals surface area contributed by atoms with Gasteiger partial charge in [-0.05, 0) is 40.2 Å². The number of methoxy groups -OCH3 is 1. The van der Waals surface area contributed by atoms with Crippen molar-refractivity contribution in [3.05, 3.63) is 0 Å². The number of rotatable bonds is 8.